The van der Waals surface area contributed by atoms with Crippen LogP contribution in [-0.2, 0) is 13.1 Å². The average molecular weight is 311 g/mol. The first-order chi connectivity index (χ1) is 11.3. The second-order valence-corrected chi connectivity index (χ2v) is 5.38. The predicted octanol–water partition coefficient (Wildman–Crippen LogP) is 3.07. The molecule has 0 bridgehead atoms. The van der Waals surface area contributed by atoms with Crippen molar-refractivity contribution in [1.82, 2.24) is 19.4 Å². The van der Waals surface area contributed by atoms with Gasteiger partial charge in [-0.2, -0.15) is 0 Å². The summed E-state index contributed by atoms with van der Waals surface area (Å²) in [6.07, 6.45) is 8.29. The van der Waals surface area contributed by atoms with Crippen LogP contribution in [0.4, 0.5) is 10.5 Å². The molecule has 120 valence electrons. The number of aromatic nitrogens is 3. The van der Waals surface area contributed by atoms with Crippen molar-refractivity contribution in [3.8, 4) is 0 Å². The standard InChI is InChI=1S/C17H21N5O/c1-2-22-12-15(14-6-3-4-7-16(14)22)20-17(23)19-8-5-10-21-11-9-18-13-21/h3-4,6-7,9,11-13H,2,5,8,10H2,1H3,(H2,19,20,23). The van der Waals surface area contributed by atoms with Crippen LogP contribution in [0.5, 0.6) is 0 Å². The first-order valence-electron chi connectivity index (χ1n) is 7.86. The zero-order valence-electron chi connectivity index (χ0n) is 13.2. The Hall–Kier alpha value is -2.76. The van der Waals surface area contributed by atoms with Gasteiger partial charge in [-0.05, 0) is 19.4 Å². The summed E-state index contributed by atoms with van der Waals surface area (Å²) in [6, 6.07) is 7.91. The molecule has 0 radical (unpaired) electrons. The summed E-state index contributed by atoms with van der Waals surface area (Å²) in [5.74, 6) is 0. The number of hydrogen-bond donors (Lipinski definition) is 2. The fraction of sp³-hybridized carbons (Fsp3) is 0.294. The number of rotatable bonds is 6. The monoisotopic (exact) mass is 311 g/mol. The summed E-state index contributed by atoms with van der Waals surface area (Å²) < 4.78 is 4.12. The lowest BCUT2D eigenvalue weighted by Gasteiger charge is -2.07. The fourth-order valence-corrected chi connectivity index (χ4v) is 2.66. The highest BCUT2D eigenvalue weighted by atomic mass is 16.2. The molecule has 0 saturated carbocycles. The number of hydrogen-bond acceptors (Lipinski definition) is 2. The van der Waals surface area contributed by atoms with E-state index in [9.17, 15) is 4.79 Å². The van der Waals surface area contributed by atoms with Crippen molar-refractivity contribution >= 4 is 22.6 Å². The summed E-state index contributed by atoms with van der Waals surface area (Å²) in [5, 5.41) is 6.89. The molecule has 0 atom stereocenters. The summed E-state index contributed by atoms with van der Waals surface area (Å²) in [6.45, 7) is 4.42. The van der Waals surface area contributed by atoms with Crippen molar-refractivity contribution in [2.45, 2.75) is 26.4 Å². The van der Waals surface area contributed by atoms with Crippen LogP contribution in [0.25, 0.3) is 10.9 Å². The highest BCUT2D eigenvalue weighted by Gasteiger charge is 2.09. The molecule has 2 heterocycles. The van der Waals surface area contributed by atoms with Crippen LogP contribution in [0.1, 0.15) is 13.3 Å². The van der Waals surface area contributed by atoms with Gasteiger partial charge in [0.2, 0.25) is 0 Å². The minimum absolute atomic E-state index is 0.172. The van der Waals surface area contributed by atoms with Gasteiger partial charge >= 0.3 is 6.03 Å². The third kappa shape index (κ3) is 3.53. The van der Waals surface area contributed by atoms with Crippen LogP contribution in [0, 0.1) is 0 Å². The van der Waals surface area contributed by atoms with E-state index in [-0.39, 0.29) is 6.03 Å². The maximum Gasteiger partial charge on any atom is 0.319 e. The number of nitrogens with one attached hydrogen (secondary N) is 2. The molecule has 3 rings (SSSR count). The van der Waals surface area contributed by atoms with Crippen molar-refractivity contribution in [3.63, 3.8) is 0 Å². The van der Waals surface area contributed by atoms with E-state index in [1.807, 2.05) is 35.2 Å². The highest BCUT2D eigenvalue weighted by Crippen LogP contribution is 2.25. The van der Waals surface area contributed by atoms with Crippen LogP contribution < -0.4 is 10.6 Å². The average Bonchev–Trinajstić information content (AvgIpc) is 3.20. The Labute approximate surface area is 135 Å². The van der Waals surface area contributed by atoms with E-state index in [0.29, 0.717) is 6.54 Å². The summed E-state index contributed by atoms with van der Waals surface area (Å²) in [7, 11) is 0. The van der Waals surface area contributed by atoms with Gasteiger partial charge in [-0.3, -0.25) is 0 Å². The SMILES string of the molecule is CCn1cc(NC(=O)NCCCn2ccnc2)c2ccccc21. The second kappa shape index (κ2) is 7.00. The van der Waals surface area contributed by atoms with Gasteiger partial charge in [-0.15, -0.1) is 0 Å². The maximum atomic E-state index is 12.1. The quantitative estimate of drug-likeness (QED) is 0.687. The Kier molecular flexibility index (Phi) is 4.61. The summed E-state index contributed by atoms with van der Waals surface area (Å²) in [5.41, 5.74) is 1.97. The highest BCUT2D eigenvalue weighted by molar-refractivity contribution is 6.01. The molecule has 0 aliphatic heterocycles. The van der Waals surface area contributed by atoms with Crippen molar-refractivity contribution < 1.29 is 4.79 Å². The Morgan fingerprint density at radius 3 is 2.96 bits per heavy atom. The molecule has 6 heteroatoms. The molecule has 2 amide bonds. The lowest BCUT2D eigenvalue weighted by atomic mass is 10.2. The third-order valence-corrected chi connectivity index (χ3v) is 3.82. The molecule has 1 aromatic carbocycles. The molecule has 0 aliphatic carbocycles. The Morgan fingerprint density at radius 1 is 1.30 bits per heavy atom. The number of urea groups is 1. The van der Waals surface area contributed by atoms with Gasteiger partial charge in [-0.1, -0.05) is 18.2 Å². The number of aryl methyl sites for hydroxylation is 2. The molecular weight excluding hydrogens is 290 g/mol. The van der Waals surface area contributed by atoms with Crippen LogP contribution in [-0.4, -0.2) is 26.7 Å². The molecule has 6 nitrogen and oxygen atoms in total. The minimum atomic E-state index is -0.172. The van der Waals surface area contributed by atoms with Gasteiger partial charge in [-0.25, -0.2) is 9.78 Å². The lowest BCUT2D eigenvalue weighted by molar-refractivity contribution is 0.252. The predicted molar refractivity (Wildman–Crippen MR) is 91.5 cm³/mol. The van der Waals surface area contributed by atoms with E-state index in [1.54, 1.807) is 12.5 Å². The van der Waals surface area contributed by atoms with Gasteiger partial charge in [0.05, 0.1) is 17.5 Å². The molecule has 0 unspecified atom stereocenters. The summed E-state index contributed by atoms with van der Waals surface area (Å²) in [4.78, 5) is 16.1. The zero-order valence-corrected chi connectivity index (χ0v) is 13.2. The molecule has 2 aromatic heterocycles. The molecule has 2 N–H and O–H groups in total. The van der Waals surface area contributed by atoms with Crippen LogP contribution in [0.2, 0.25) is 0 Å². The molecule has 0 saturated heterocycles. The normalized spacial score (nSPS) is 10.8. The Bertz CT molecular complexity index is 775. The molecular formula is C17H21N5O. The van der Waals surface area contributed by atoms with Crippen LogP contribution in [0.3, 0.4) is 0 Å². The van der Waals surface area contributed by atoms with Crippen LogP contribution >= 0.6 is 0 Å². The van der Waals surface area contributed by atoms with E-state index < -0.39 is 0 Å². The third-order valence-electron chi connectivity index (χ3n) is 3.82. The fourth-order valence-electron chi connectivity index (χ4n) is 2.66. The van der Waals surface area contributed by atoms with E-state index >= 15 is 0 Å². The lowest BCUT2D eigenvalue weighted by Crippen LogP contribution is -2.29. The zero-order chi connectivity index (χ0) is 16.1. The smallest absolute Gasteiger partial charge is 0.319 e. The van der Waals surface area contributed by atoms with Crippen molar-refractivity contribution in [3.05, 3.63) is 49.2 Å². The molecule has 23 heavy (non-hydrogen) atoms. The van der Waals surface area contributed by atoms with E-state index in [0.717, 1.165) is 36.1 Å². The molecule has 0 fully saturated rings. The number of amides is 2. The maximum absolute atomic E-state index is 12.1. The first kappa shape index (κ1) is 15.1. The molecule has 0 spiro atoms. The van der Waals surface area contributed by atoms with Crippen molar-refractivity contribution in [2.24, 2.45) is 0 Å². The number of carbonyl (C=O) groups is 1. The number of benzene rings is 1. The van der Waals surface area contributed by atoms with Crippen LogP contribution in [0.15, 0.2) is 49.2 Å². The molecule has 3 aromatic rings. The number of carbonyl (C=O) groups excluding carboxylic acids is 1. The summed E-state index contributed by atoms with van der Waals surface area (Å²) >= 11 is 0. The number of nitrogens with zero attached hydrogens (tertiary/aromatic N) is 3. The second-order valence-electron chi connectivity index (χ2n) is 5.38. The minimum Gasteiger partial charge on any atom is -0.346 e. The number of imidazole rings is 1. The number of anilines is 1. The first-order valence-corrected chi connectivity index (χ1v) is 7.86. The Morgan fingerprint density at radius 2 is 2.17 bits per heavy atom. The van der Waals surface area contributed by atoms with Gasteiger partial charge < -0.3 is 19.8 Å². The number of para-hydroxylation sites is 1. The molecule has 0 aliphatic rings. The Balaban J connectivity index is 1.55. The van der Waals surface area contributed by atoms with Crippen molar-refractivity contribution in [1.29, 1.82) is 0 Å². The largest absolute Gasteiger partial charge is 0.346 e. The van der Waals surface area contributed by atoms with Gasteiger partial charge in [0.15, 0.2) is 0 Å². The topological polar surface area (TPSA) is 63.9 Å². The van der Waals surface area contributed by atoms with Gasteiger partial charge in [0.25, 0.3) is 0 Å². The van der Waals surface area contributed by atoms with E-state index in [4.69, 9.17) is 0 Å². The van der Waals surface area contributed by atoms with Crippen molar-refractivity contribution in [2.75, 3.05) is 11.9 Å². The van der Waals surface area contributed by atoms with E-state index in [2.05, 4.69) is 33.2 Å². The van der Waals surface area contributed by atoms with Gasteiger partial charge in [0.1, 0.15) is 0 Å². The van der Waals surface area contributed by atoms with E-state index in [1.165, 1.54) is 0 Å². The number of fused-ring (bicyclic) bond motifs is 1. The van der Waals surface area contributed by atoms with Gasteiger partial charge in [0, 0.05) is 43.6 Å².